The second-order valence-corrected chi connectivity index (χ2v) is 4.32. The highest BCUT2D eigenvalue weighted by Gasteiger charge is 2.11. The number of fused-ring (bicyclic) bond motifs is 3. The molecule has 0 amide bonds. The van der Waals surface area contributed by atoms with Crippen molar-refractivity contribution in [3.8, 4) is 0 Å². The van der Waals surface area contributed by atoms with Gasteiger partial charge in [-0.1, -0.05) is 0 Å². The number of esters is 1. The zero-order chi connectivity index (χ0) is 11.1. The van der Waals surface area contributed by atoms with Crippen molar-refractivity contribution in [2.45, 2.75) is 0 Å². The van der Waals surface area contributed by atoms with Crippen molar-refractivity contribution in [3.63, 3.8) is 0 Å². The van der Waals surface area contributed by atoms with Gasteiger partial charge in [0.25, 0.3) is 0 Å². The molecule has 3 aromatic heterocycles. The first-order valence-corrected chi connectivity index (χ1v) is 5.61. The van der Waals surface area contributed by atoms with Gasteiger partial charge in [-0.3, -0.25) is 4.98 Å². The van der Waals surface area contributed by atoms with E-state index in [9.17, 15) is 4.79 Å². The molecule has 0 atom stereocenters. The Bertz CT molecular complexity index is 683. The van der Waals surface area contributed by atoms with Gasteiger partial charge in [0.05, 0.1) is 28.4 Å². The van der Waals surface area contributed by atoms with Gasteiger partial charge in [-0.2, -0.15) is 0 Å². The van der Waals surface area contributed by atoms with Crippen LogP contribution in [0.5, 0.6) is 0 Å². The summed E-state index contributed by atoms with van der Waals surface area (Å²) in [4.78, 5) is 18.8. The molecular formula is C11H8N2O2S. The number of hydrogen-bond donors (Lipinski definition) is 1. The van der Waals surface area contributed by atoms with Crippen molar-refractivity contribution in [3.05, 3.63) is 29.3 Å². The molecule has 0 fully saturated rings. The highest BCUT2D eigenvalue weighted by Crippen LogP contribution is 2.28. The Morgan fingerprint density at radius 3 is 3.19 bits per heavy atom. The fourth-order valence-electron chi connectivity index (χ4n) is 1.71. The number of methoxy groups -OCH3 is 1. The average Bonchev–Trinajstić information content (AvgIpc) is 2.86. The van der Waals surface area contributed by atoms with Gasteiger partial charge in [0.15, 0.2) is 0 Å². The molecule has 5 heteroatoms. The Balaban J connectivity index is 2.28. The molecule has 0 aliphatic rings. The van der Waals surface area contributed by atoms with Crippen molar-refractivity contribution >= 4 is 38.6 Å². The van der Waals surface area contributed by atoms with Crippen LogP contribution in [0.15, 0.2) is 23.7 Å². The topological polar surface area (TPSA) is 55.0 Å². The van der Waals surface area contributed by atoms with Crippen LogP contribution in [0.1, 0.15) is 10.4 Å². The van der Waals surface area contributed by atoms with E-state index >= 15 is 0 Å². The summed E-state index contributed by atoms with van der Waals surface area (Å²) in [7, 11) is 1.36. The van der Waals surface area contributed by atoms with Gasteiger partial charge in [-0.05, 0) is 17.5 Å². The molecule has 0 aromatic carbocycles. The molecule has 16 heavy (non-hydrogen) atoms. The first-order chi connectivity index (χ1) is 7.79. The molecule has 0 aliphatic carbocycles. The SMILES string of the molecule is COC(=O)c1cnc2c(c1)[nH]c1ccsc12. The maximum Gasteiger partial charge on any atom is 0.339 e. The highest BCUT2D eigenvalue weighted by atomic mass is 32.1. The molecule has 3 heterocycles. The lowest BCUT2D eigenvalue weighted by Gasteiger charge is -1.97. The van der Waals surface area contributed by atoms with Crippen LogP contribution in [0, 0.1) is 0 Å². The molecule has 0 saturated carbocycles. The Morgan fingerprint density at radius 1 is 1.50 bits per heavy atom. The maximum atomic E-state index is 11.3. The van der Waals surface area contributed by atoms with Gasteiger partial charge in [0, 0.05) is 6.20 Å². The molecule has 4 nitrogen and oxygen atoms in total. The molecule has 0 spiro atoms. The molecule has 80 valence electrons. The number of nitrogens with zero attached hydrogens (tertiary/aromatic N) is 1. The molecule has 0 unspecified atom stereocenters. The lowest BCUT2D eigenvalue weighted by atomic mass is 10.2. The Labute approximate surface area is 94.9 Å². The predicted molar refractivity (Wildman–Crippen MR) is 62.8 cm³/mol. The number of pyridine rings is 1. The zero-order valence-electron chi connectivity index (χ0n) is 8.48. The standard InChI is InChI=1S/C11H8N2O2S/c1-15-11(14)6-4-8-9(12-5-6)10-7(13-8)2-3-16-10/h2-5,13H,1H3. The normalized spacial score (nSPS) is 11.1. The van der Waals surface area contributed by atoms with Crippen LogP contribution < -0.4 is 0 Å². The minimum absolute atomic E-state index is 0.368. The van der Waals surface area contributed by atoms with E-state index in [-0.39, 0.29) is 5.97 Å². The first-order valence-electron chi connectivity index (χ1n) is 4.73. The molecule has 3 rings (SSSR count). The van der Waals surface area contributed by atoms with E-state index in [2.05, 4.69) is 14.7 Å². The molecule has 1 N–H and O–H groups in total. The van der Waals surface area contributed by atoms with E-state index in [0.717, 1.165) is 21.3 Å². The fourth-order valence-corrected chi connectivity index (χ4v) is 2.57. The van der Waals surface area contributed by atoms with E-state index in [0.29, 0.717) is 5.56 Å². The quantitative estimate of drug-likeness (QED) is 0.656. The van der Waals surface area contributed by atoms with Crippen LogP contribution in [0.2, 0.25) is 0 Å². The average molecular weight is 232 g/mol. The van der Waals surface area contributed by atoms with E-state index in [4.69, 9.17) is 0 Å². The number of hydrogen-bond acceptors (Lipinski definition) is 4. The third kappa shape index (κ3) is 1.22. The van der Waals surface area contributed by atoms with Crippen molar-refractivity contribution < 1.29 is 9.53 Å². The Morgan fingerprint density at radius 2 is 2.38 bits per heavy atom. The minimum atomic E-state index is -0.368. The second kappa shape index (κ2) is 3.31. The first kappa shape index (κ1) is 9.35. The smallest absolute Gasteiger partial charge is 0.339 e. The monoisotopic (exact) mass is 232 g/mol. The number of carbonyl (C=O) groups is 1. The highest BCUT2D eigenvalue weighted by molar-refractivity contribution is 7.18. The number of nitrogens with one attached hydrogen (secondary N) is 1. The van der Waals surface area contributed by atoms with E-state index in [1.807, 2.05) is 11.4 Å². The van der Waals surface area contributed by atoms with Crippen LogP contribution in [-0.2, 0) is 4.74 Å². The molecular weight excluding hydrogens is 224 g/mol. The van der Waals surface area contributed by atoms with Gasteiger partial charge in [0.1, 0.15) is 5.52 Å². The fraction of sp³-hybridized carbons (Fsp3) is 0.0909. The summed E-state index contributed by atoms with van der Waals surface area (Å²) in [5.41, 5.74) is 3.28. The number of aromatic nitrogens is 2. The van der Waals surface area contributed by atoms with Crippen LogP contribution in [0.4, 0.5) is 0 Å². The molecule has 3 aromatic rings. The summed E-state index contributed by atoms with van der Waals surface area (Å²) in [6, 6.07) is 3.76. The van der Waals surface area contributed by atoms with Crippen molar-refractivity contribution in [1.29, 1.82) is 0 Å². The molecule has 0 bridgehead atoms. The lowest BCUT2D eigenvalue weighted by Crippen LogP contribution is -2.01. The summed E-state index contributed by atoms with van der Waals surface area (Å²) in [5, 5.41) is 2.01. The predicted octanol–water partition coefficient (Wildman–Crippen LogP) is 2.56. The lowest BCUT2D eigenvalue weighted by molar-refractivity contribution is 0.0600. The van der Waals surface area contributed by atoms with Crippen molar-refractivity contribution in [1.82, 2.24) is 9.97 Å². The number of ether oxygens (including phenoxy) is 1. The Kier molecular flexibility index (Phi) is 1.94. The number of H-pyrrole nitrogens is 1. The summed E-state index contributed by atoms with van der Waals surface area (Å²) >= 11 is 1.63. The third-order valence-corrected chi connectivity index (χ3v) is 3.38. The van der Waals surface area contributed by atoms with Crippen LogP contribution in [0.3, 0.4) is 0 Å². The van der Waals surface area contributed by atoms with Crippen LogP contribution >= 0.6 is 11.3 Å². The van der Waals surface area contributed by atoms with Crippen LogP contribution in [0.25, 0.3) is 21.3 Å². The van der Waals surface area contributed by atoms with Crippen molar-refractivity contribution in [2.75, 3.05) is 7.11 Å². The van der Waals surface area contributed by atoms with E-state index < -0.39 is 0 Å². The van der Waals surface area contributed by atoms with Gasteiger partial charge in [-0.15, -0.1) is 11.3 Å². The van der Waals surface area contributed by atoms with Gasteiger partial charge in [0.2, 0.25) is 0 Å². The number of carbonyl (C=O) groups excluding carboxylic acids is 1. The van der Waals surface area contributed by atoms with Crippen LogP contribution in [-0.4, -0.2) is 23.0 Å². The van der Waals surface area contributed by atoms with Crippen molar-refractivity contribution in [2.24, 2.45) is 0 Å². The summed E-state index contributed by atoms with van der Waals surface area (Å²) in [5.74, 6) is -0.368. The zero-order valence-corrected chi connectivity index (χ0v) is 9.30. The summed E-state index contributed by atoms with van der Waals surface area (Å²) < 4.78 is 5.77. The van der Waals surface area contributed by atoms with E-state index in [1.165, 1.54) is 7.11 Å². The van der Waals surface area contributed by atoms with Gasteiger partial charge >= 0.3 is 5.97 Å². The summed E-state index contributed by atoms with van der Waals surface area (Å²) in [6.07, 6.45) is 1.54. The Hall–Kier alpha value is -1.88. The van der Waals surface area contributed by atoms with Gasteiger partial charge < -0.3 is 9.72 Å². The molecule has 0 radical (unpaired) electrons. The third-order valence-electron chi connectivity index (χ3n) is 2.46. The number of aromatic amines is 1. The van der Waals surface area contributed by atoms with E-state index in [1.54, 1.807) is 23.6 Å². The number of thiophene rings is 1. The largest absolute Gasteiger partial charge is 0.465 e. The molecule has 0 saturated heterocycles. The number of rotatable bonds is 1. The second-order valence-electron chi connectivity index (χ2n) is 3.40. The molecule has 0 aliphatic heterocycles. The maximum absolute atomic E-state index is 11.3. The minimum Gasteiger partial charge on any atom is -0.465 e. The van der Waals surface area contributed by atoms with Gasteiger partial charge in [-0.25, -0.2) is 4.79 Å². The summed E-state index contributed by atoms with van der Waals surface area (Å²) in [6.45, 7) is 0.